The van der Waals surface area contributed by atoms with E-state index in [0.717, 1.165) is 24.0 Å². The Kier molecular flexibility index (Phi) is 10.0. The van der Waals surface area contributed by atoms with Gasteiger partial charge in [0.1, 0.15) is 5.75 Å². The molecule has 1 rings (SSSR count). The number of unbranched alkanes of at least 4 members (excludes halogenated alkanes) is 7. The molecule has 1 nitrogen and oxygen atoms in total. The molecular formula is C21H36O. The molecule has 0 aliphatic heterocycles. The molecule has 0 aromatic heterocycles. The average Bonchev–Trinajstić information content (AvgIpc) is 2.52. The van der Waals surface area contributed by atoms with Crippen molar-refractivity contribution in [3.63, 3.8) is 0 Å². The Bertz CT molecular complexity index is 397. The average molecular weight is 305 g/mol. The van der Waals surface area contributed by atoms with Crippen LogP contribution in [0.4, 0.5) is 0 Å². The molecule has 0 spiro atoms. The second-order valence-electron chi connectivity index (χ2n) is 6.77. The molecule has 0 saturated carbocycles. The summed E-state index contributed by atoms with van der Waals surface area (Å²) in [6, 6.07) is 6.26. The zero-order chi connectivity index (χ0) is 16.2. The van der Waals surface area contributed by atoms with Gasteiger partial charge in [-0.3, -0.25) is 0 Å². The molecule has 0 amide bonds. The topological polar surface area (TPSA) is 20.2 Å². The second kappa shape index (κ2) is 11.6. The van der Waals surface area contributed by atoms with E-state index < -0.39 is 0 Å². The first kappa shape index (κ1) is 19.1. The van der Waals surface area contributed by atoms with Crippen LogP contribution in [0.3, 0.4) is 0 Å². The second-order valence-corrected chi connectivity index (χ2v) is 6.77. The molecule has 1 heteroatoms. The maximum absolute atomic E-state index is 10.4. The Morgan fingerprint density at radius 2 is 1.50 bits per heavy atom. The van der Waals surface area contributed by atoms with Gasteiger partial charge in [0, 0.05) is 0 Å². The van der Waals surface area contributed by atoms with Gasteiger partial charge in [-0.2, -0.15) is 0 Å². The fraction of sp³-hybridized carbons (Fsp3) is 0.714. The van der Waals surface area contributed by atoms with Crippen LogP contribution in [0.25, 0.3) is 0 Å². The highest BCUT2D eigenvalue weighted by atomic mass is 16.3. The van der Waals surface area contributed by atoms with Crippen molar-refractivity contribution in [2.75, 3.05) is 0 Å². The van der Waals surface area contributed by atoms with Gasteiger partial charge in [-0.25, -0.2) is 0 Å². The standard InChI is InChI=1S/C21H36O/c1-4-6-7-8-9-10-11-12-15-18(3)20-17-13-16-19(14-5-2)21(20)22/h13,16-18,22H,4-12,14-15H2,1-3H3. The summed E-state index contributed by atoms with van der Waals surface area (Å²) in [5.41, 5.74) is 2.26. The van der Waals surface area contributed by atoms with E-state index in [4.69, 9.17) is 0 Å². The van der Waals surface area contributed by atoms with Gasteiger partial charge in [-0.1, -0.05) is 96.8 Å². The number of hydrogen-bond acceptors (Lipinski definition) is 1. The molecule has 1 unspecified atom stereocenters. The lowest BCUT2D eigenvalue weighted by molar-refractivity contribution is 0.450. The molecule has 1 aromatic rings. The van der Waals surface area contributed by atoms with Crippen LogP contribution in [0.5, 0.6) is 5.75 Å². The molecule has 1 atom stereocenters. The van der Waals surface area contributed by atoms with Crippen LogP contribution in [-0.4, -0.2) is 5.11 Å². The van der Waals surface area contributed by atoms with Crippen molar-refractivity contribution < 1.29 is 5.11 Å². The fourth-order valence-electron chi connectivity index (χ4n) is 3.22. The fourth-order valence-corrected chi connectivity index (χ4v) is 3.22. The lowest BCUT2D eigenvalue weighted by Gasteiger charge is -2.16. The first-order valence-electron chi connectivity index (χ1n) is 9.51. The number of phenolic OH excluding ortho intramolecular Hbond substituents is 1. The van der Waals surface area contributed by atoms with E-state index in [1.165, 1.54) is 57.8 Å². The summed E-state index contributed by atoms with van der Waals surface area (Å²) in [7, 11) is 0. The minimum absolute atomic E-state index is 0.469. The lowest BCUT2D eigenvalue weighted by Crippen LogP contribution is -1.97. The largest absolute Gasteiger partial charge is 0.507 e. The predicted octanol–water partition coefficient (Wildman–Crippen LogP) is 6.98. The summed E-state index contributed by atoms with van der Waals surface area (Å²) in [6.07, 6.45) is 14.2. The van der Waals surface area contributed by atoms with Gasteiger partial charge in [0.05, 0.1) is 0 Å². The van der Waals surface area contributed by atoms with Crippen molar-refractivity contribution in [1.82, 2.24) is 0 Å². The zero-order valence-corrected chi connectivity index (χ0v) is 15.0. The third-order valence-corrected chi connectivity index (χ3v) is 4.69. The maximum Gasteiger partial charge on any atom is 0.122 e. The van der Waals surface area contributed by atoms with Gasteiger partial charge >= 0.3 is 0 Å². The summed E-state index contributed by atoms with van der Waals surface area (Å²) in [4.78, 5) is 0. The lowest BCUT2D eigenvalue weighted by atomic mass is 9.91. The Morgan fingerprint density at radius 3 is 2.14 bits per heavy atom. The summed E-state index contributed by atoms with van der Waals surface area (Å²) in [5, 5.41) is 10.4. The molecule has 1 N–H and O–H groups in total. The van der Waals surface area contributed by atoms with Crippen LogP contribution >= 0.6 is 0 Å². The highest BCUT2D eigenvalue weighted by molar-refractivity contribution is 5.42. The maximum atomic E-state index is 10.4. The number of aromatic hydroxyl groups is 1. The van der Waals surface area contributed by atoms with Gasteiger partial charge in [0.2, 0.25) is 0 Å². The van der Waals surface area contributed by atoms with Gasteiger partial charge in [0.25, 0.3) is 0 Å². The molecule has 0 aliphatic carbocycles. The quantitative estimate of drug-likeness (QED) is 0.413. The van der Waals surface area contributed by atoms with Gasteiger partial charge in [-0.05, 0) is 29.9 Å². The number of hydrogen-bond donors (Lipinski definition) is 1. The normalized spacial score (nSPS) is 12.5. The van der Waals surface area contributed by atoms with Crippen molar-refractivity contribution in [3.05, 3.63) is 29.3 Å². The Labute approximate surface area is 138 Å². The molecule has 126 valence electrons. The smallest absolute Gasteiger partial charge is 0.122 e. The summed E-state index contributed by atoms with van der Waals surface area (Å²) in [6.45, 7) is 6.69. The van der Waals surface area contributed by atoms with Gasteiger partial charge in [0.15, 0.2) is 0 Å². The Morgan fingerprint density at radius 1 is 0.864 bits per heavy atom. The number of benzene rings is 1. The van der Waals surface area contributed by atoms with E-state index in [9.17, 15) is 5.11 Å². The SMILES string of the molecule is CCCCCCCCCCC(C)c1cccc(CCC)c1O. The van der Waals surface area contributed by atoms with Crippen molar-refractivity contribution in [2.45, 2.75) is 97.3 Å². The van der Waals surface area contributed by atoms with Crippen LogP contribution in [0.2, 0.25) is 0 Å². The van der Waals surface area contributed by atoms with E-state index in [1.807, 2.05) is 0 Å². The van der Waals surface area contributed by atoms with E-state index in [-0.39, 0.29) is 0 Å². The minimum Gasteiger partial charge on any atom is -0.507 e. The van der Waals surface area contributed by atoms with Crippen LogP contribution in [-0.2, 0) is 6.42 Å². The van der Waals surface area contributed by atoms with Crippen LogP contribution < -0.4 is 0 Å². The Balaban J connectivity index is 2.28. The molecule has 22 heavy (non-hydrogen) atoms. The van der Waals surface area contributed by atoms with Crippen molar-refractivity contribution in [2.24, 2.45) is 0 Å². The third kappa shape index (κ3) is 6.85. The first-order chi connectivity index (χ1) is 10.7. The summed E-state index contributed by atoms with van der Waals surface area (Å²) >= 11 is 0. The number of para-hydroxylation sites is 1. The van der Waals surface area contributed by atoms with E-state index in [2.05, 4.69) is 39.0 Å². The molecule has 0 radical (unpaired) electrons. The zero-order valence-electron chi connectivity index (χ0n) is 15.0. The monoisotopic (exact) mass is 304 g/mol. The number of aryl methyl sites for hydroxylation is 1. The third-order valence-electron chi connectivity index (χ3n) is 4.69. The van der Waals surface area contributed by atoms with Crippen molar-refractivity contribution in [3.8, 4) is 5.75 Å². The van der Waals surface area contributed by atoms with Gasteiger partial charge < -0.3 is 5.11 Å². The molecular weight excluding hydrogens is 268 g/mol. The highest BCUT2D eigenvalue weighted by Gasteiger charge is 2.12. The number of phenols is 1. The first-order valence-corrected chi connectivity index (χ1v) is 9.51. The number of rotatable bonds is 12. The van der Waals surface area contributed by atoms with Crippen molar-refractivity contribution in [1.29, 1.82) is 0 Å². The molecule has 0 fully saturated rings. The molecule has 0 aliphatic rings. The Hall–Kier alpha value is -0.980. The van der Waals surface area contributed by atoms with Crippen LogP contribution in [0.1, 0.15) is 102 Å². The molecule has 1 aromatic carbocycles. The van der Waals surface area contributed by atoms with Crippen molar-refractivity contribution >= 4 is 0 Å². The molecule has 0 saturated heterocycles. The highest BCUT2D eigenvalue weighted by Crippen LogP contribution is 2.32. The summed E-state index contributed by atoms with van der Waals surface area (Å²) < 4.78 is 0. The summed E-state index contributed by atoms with van der Waals surface area (Å²) in [5.74, 6) is 1.02. The predicted molar refractivity (Wildman–Crippen MR) is 97.7 cm³/mol. The van der Waals surface area contributed by atoms with E-state index in [1.54, 1.807) is 0 Å². The minimum atomic E-state index is 0.469. The van der Waals surface area contributed by atoms with E-state index >= 15 is 0 Å². The van der Waals surface area contributed by atoms with Gasteiger partial charge in [-0.15, -0.1) is 0 Å². The molecule has 0 bridgehead atoms. The van der Waals surface area contributed by atoms with Crippen LogP contribution in [0, 0.1) is 0 Å². The van der Waals surface area contributed by atoms with E-state index in [0.29, 0.717) is 11.7 Å². The molecule has 0 heterocycles. The van der Waals surface area contributed by atoms with Crippen LogP contribution in [0.15, 0.2) is 18.2 Å².